The van der Waals surface area contributed by atoms with E-state index in [0.717, 1.165) is 5.56 Å². The van der Waals surface area contributed by atoms with E-state index in [2.05, 4.69) is 9.97 Å². The van der Waals surface area contributed by atoms with Crippen LogP contribution in [0.4, 0.5) is 4.39 Å². The van der Waals surface area contributed by atoms with Gasteiger partial charge in [0, 0.05) is 11.1 Å². The average molecular weight is 253 g/mol. The zero-order valence-electron chi connectivity index (χ0n) is 9.37. The van der Waals surface area contributed by atoms with Gasteiger partial charge in [0.05, 0.1) is 12.8 Å². The van der Waals surface area contributed by atoms with Crippen molar-refractivity contribution in [2.45, 2.75) is 6.92 Å². The third kappa shape index (κ3) is 2.22. The van der Waals surface area contributed by atoms with Crippen LogP contribution in [0.3, 0.4) is 0 Å². The first-order valence-electron chi connectivity index (χ1n) is 4.94. The topological polar surface area (TPSA) is 35.0 Å². The van der Waals surface area contributed by atoms with Crippen molar-refractivity contribution < 1.29 is 9.13 Å². The highest BCUT2D eigenvalue weighted by Gasteiger charge is 2.10. The molecule has 5 heteroatoms. The van der Waals surface area contributed by atoms with Crippen molar-refractivity contribution in [3.63, 3.8) is 0 Å². The van der Waals surface area contributed by atoms with Crippen molar-refractivity contribution in [1.82, 2.24) is 9.97 Å². The number of aromatic nitrogens is 2. The molecular weight excluding hydrogens is 243 g/mol. The minimum atomic E-state index is -0.431. The molecular formula is C12H10ClFN2O. The van der Waals surface area contributed by atoms with E-state index in [1.54, 1.807) is 19.1 Å². The molecule has 0 aliphatic rings. The summed E-state index contributed by atoms with van der Waals surface area (Å²) in [6.45, 7) is 1.79. The molecule has 0 radical (unpaired) electrons. The van der Waals surface area contributed by atoms with E-state index in [1.807, 2.05) is 0 Å². The molecule has 88 valence electrons. The van der Waals surface area contributed by atoms with Crippen molar-refractivity contribution in [1.29, 1.82) is 0 Å². The van der Waals surface area contributed by atoms with Crippen molar-refractivity contribution >= 4 is 11.6 Å². The van der Waals surface area contributed by atoms with E-state index in [0.29, 0.717) is 16.4 Å². The predicted molar refractivity (Wildman–Crippen MR) is 63.7 cm³/mol. The van der Waals surface area contributed by atoms with Gasteiger partial charge in [-0.1, -0.05) is 11.6 Å². The van der Waals surface area contributed by atoms with Gasteiger partial charge in [0.25, 0.3) is 0 Å². The molecule has 2 aromatic rings. The fourth-order valence-electron chi connectivity index (χ4n) is 1.53. The second kappa shape index (κ2) is 4.67. The van der Waals surface area contributed by atoms with Gasteiger partial charge in [-0.2, -0.15) is 0 Å². The summed E-state index contributed by atoms with van der Waals surface area (Å²) in [6.07, 6.45) is 1.35. The molecule has 0 saturated heterocycles. The van der Waals surface area contributed by atoms with Crippen LogP contribution in [0, 0.1) is 12.7 Å². The Morgan fingerprint density at radius 1 is 1.29 bits per heavy atom. The van der Waals surface area contributed by atoms with Crippen LogP contribution in [0.15, 0.2) is 24.5 Å². The van der Waals surface area contributed by atoms with E-state index in [9.17, 15) is 4.39 Å². The van der Waals surface area contributed by atoms with Crippen LogP contribution in [0.2, 0.25) is 5.15 Å². The lowest BCUT2D eigenvalue weighted by Crippen LogP contribution is -1.94. The molecule has 3 nitrogen and oxygen atoms in total. The summed E-state index contributed by atoms with van der Waals surface area (Å²) in [7, 11) is 1.42. The molecule has 1 heterocycles. The van der Waals surface area contributed by atoms with E-state index in [4.69, 9.17) is 16.3 Å². The van der Waals surface area contributed by atoms with Gasteiger partial charge in [0.1, 0.15) is 11.5 Å². The largest absolute Gasteiger partial charge is 0.494 e. The van der Waals surface area contributed by atoms with Crippen LogP contribution >= 0.6 is 11.6 Å². The highest BCUT2D eigenvalue weighted by Crippen LogP contribution is 2.28. The maximum absolute atomic E-state index is 13.6. The molecule has 0 aliphatic carbocycles. The van der Waals surface area contributed by atoms with Crippen molar-refractivity contribution in [2.24, 2.45) is 0 Å². The number of methoxy groups -OCH3 is 1. The molecule has 0 atom stereocenters. The van der Waals surface area contributed by atoms with Gasteiger partial charge >= 0.3 is 0 Å². The number of hydrogen-bond acceptors (Lipinski definition) is 3. The third-order valence-corrected chi connectivity index (χ3v) is 2.83. The molecule has 0 spiro atoms. The van der Waals surface area contributed by atoms with Gasteiger partial charge in [-0.05, 0) is 25.1 Å². The highest BCUT2D eigenvalue weighted by molar-refractivity contribution is 6.30. The molecule has 0 aliphatic heterocycles. The van der Waals surface area contributed by atoms with Gasteiger partial charge < -0.3 is 4.74 Å². The summed E-state index contributed by atoms with van der Waals surface area (Å²) in [5.74, 6) is -0.231. The average Bonchev–Trinajstić information content (AvgIpc) is 2.32. The van der Waals surface area contributed by atoms with E-state index >= 15 is 0 Å². The summed E-state index contributed by atoms with van der Waals surface area (Å²) in [4.78, 5) is 7.96. The molecule has 17 heavy (non-hydrogen) atoms. The summed E-state index contributed by atoms with van der Waals surface area (Å²) < 4.78 is 18.4. The number of rotatable bonds is 2. The van der Waals surface area contributed by atoms with E-state index in [1.165, 1.54) is 19.5 Å². The number of nitrogens with zero attached hydrogens (tertiary/aromatic N) is 2. The summed E-state index contributed by atoms with van der Waals surface area (Å²) in [5.41, 5.74) is 1.98. The standard InChI is InChI=1S/C12H10ClFN2O/c1-7-11(15-6-16-12(7)13)8-3-4-10(17-2)9(14)5-8/h3-6H,1-2H3. The second-order valence-corrected chi connectivity index (χ2v) is 3.85. The maximum Gasteiger partial charge on any atom is 0.165 e. The SMILES string of the molecule is COc1ccc(-c2ncnc(Cl)c2C)cc1F. The quantitative estimate of drug-likeness (QED) is 0.770. The van der Waals surface area contributed by atoms with Crippen LogP contribution in [0.1, 0.15) is 5.56 Å². The zero-order valence-corrected chi connectivity index (χ0v) is 10.1. The van der Waals surface area contributed by atoms with Gasteiger partial charge in [0.15, 0.2) is 11.6 Å². The Morgan fingerprint density at radius 3 is 2.71 bits per heavy atom. The zero-order chi connectivity index (χ0) is 12.4. The van der Waals surface area contributed by atoms with Gasteiger partial charge in [-0.15, -0.1) is 0 Å². The van der Waals surface area contributed by atoms with Crippen LogP contribution in [0.5, 0.6) is 5.75 Å². The molecule has 2 rings (SSSR count). The number of ether oxygens (including phenoxy) is 1. The van der Waals surface area contributed by atoms with Crippen LogP contribution in [-0.4, -0.2) is 17.1 Å². The van der Waals surface area contributed by atoms with Crippen LogP contribution in [-0.2, 0) is 0 Å². The Bertz CT molecular complexity index is 560. The normalized spacial score (nSPS) is 10.4. The van der Waals surface area contributed by atoms with E-state index in [-0.39, 0.29) is 5.75 Å². The Balaban J connectivity index is 2.54. The van der Waals surface area contributed by atoms with Crippen LogP contribution < -0.4 is 4.74 Å². The lowest BCUT2D eigenvalue weighted by atomic mass is 10.1. The smallest absolute Gasteiger partial charge is 0.165 e. The third-order valence-electron chi connectivity index (χ3n) is 2.45. The summed E-state index contributed by atoms with van der Waals surface area (Å²) >= 11 is 5.89. The lowest BCUT2D eigenvalue weighted by Gasteiger charge is -2.07. The first kappa shape index (κ1) is 11.8. The molecule has 0 saturated carbocycles. The Hall–Kier alpha value is -1.68. The number of benzene rings is 1. The molecule has 0 fully saturated rings. The molecule has 0 amide bonds. The van der Waals surface area contributed by atoms with Crippen LogP contribution in [0.25, 0.3) is 11.3 Å². The minimum absolute atomic E-state index is 0.201. The monoisotopic (exact) mass is 252 g/mol. The first-order chi connectivity index (χ1) is 8.13. The number of hydrogen-bond donors (Lipinski definition) is 0. The van der Waals surface area contributed by atoms with Crippen molar-refractivity contribution in [2.75, 3.05) is 7.11 Å². The van der Waals surface area contributed by atoms with Crippen molar-refractivity contribution in [3.05, 3.63) is 41.1 Å². The van der Waals surface area contributed by atoms with E-state index < -0.39 is 5.82 Å². The Morgan fingerprint density at radius 2 is 2.06 bits per heavy atom. The number of halogens is 2. The fourth-order valence-corrected chi connectivity index (χ4v) is 1.67. The Kier molecular flexibility index (Phi) is 3.24. The Labute approximate surface area is 103 Å². The minimum Gasteiger partial charge on any atom is -0.494 e. The first-order valence-corrected chi connectivity index (χ1v) is 5.32. The molecule has 0 N–H and O–H groups in total. The van der Waals surface area contributed by atoms with Crippen molar-refractivity contribution in [3.8, 4) is 17.0 Å². The summed E-state index contributed by atoms with van der Waals surface area (Å²) in [6, 6.07) is 4.65. The molecule has 1 aromatic heterocycles. The molecule has 1 aromatic carbocycles. The molecule has 0 unspecified atom stereocenters. The maximum atomic E-state index is 13.6. The predicted octanol–water partition coefficient (Wildman–Crippen LogP) is 3.25. The van der Waals surface area contributed by atoms with Gasteiger partial charge in [-0.25, -0.2) is 14.4 Å². The van der Waals surface area contributed by atoms with Gasteiger partial charge in [0.2, 0.25) is 0 Å². The second-order valence-electron chi connectivity index (χ2n) is 3.49. The van der Waals surface area contributed by atoms with Gasteiger partial charge in [-0.3, -0.25) is 0 Å². The molecule has 0 bridgehead atoms. The summed E-state index contributed by atoms with van der Waals surface area (Å²) in [5, 5.41) is 0.367. The lowest BCUT2D eigenvalue weighted by molar-refractivity contribution is 0.386. The fraction of sp³-hybridized carbons (Fsp3) is 0.167. The highest BCUT2D eigenvalue weighted by atomic mass is 35.5.